The van der Waals surface area contributed by atoms with Crippen molar-refractivity contribution in [3.05, 3.63) is 0 Å². The molecule has 0 fully saturated rings. The van der Waals surface area contributed by atoms with Crippen LogP contribution < -0.4 is 11.1 Å². The van der Waals surface area contributed by atoms with Gasteiger partial charge in [0.05, 0.1) is 6.54 Å². The van der Waals surface area contributed by atoms with Gasteiger partial charge in [-0.05, 0) is 26.4 Å². The van der Waals surface area contributed by atoms with Gasteiger partial charge >= 0.3 is 0 Å². The van der Waals surface area contributed by atoms with Crippen molar-refractivity contribution >= 4 is 5.91 Å². The third kappa shape index (κ3) is 5.94. The Balaban J connectivity index is 3.91. The summed E-state index contributed by atoms with van der Waals surface area (Å²) in [6.45, 7) is 5.12. The van der Waals surface area contributed by atoms with Gasteiger partial charge in [0.1, 0.15) is 0 Å². The molecule has 0 aromatic heterocycles. The number of rotatable bonds is 6. The van der Waals surface area contributed by atoms with Gasteiger partial charge in [-0.3, -0.25) is 4.79 Å². The summed E-state index contributed by atoms with van der Waals surface area (Å²) in [5, 5.41) is 2.81. The summed E-state index contributed by atoms with van der Waals surface area (Å²) in [7, 11) is 4.06. The Morgan fingerprint density at radius 3 is 2.36 bits per heavy atom. The number of likely N-dealkylation sites (N-methyl/N-ethyl adjacent to an activating group) is 1. The van der Waals surface area contributed by atoms with Crippen molar-refractivity contribution in [2.24, 2.45) is 11.7 Å². The third-order valence-electron chi connectivity index (χ3n) is 2.19. The van der Waals surface area contributed by atoms with Gasteiger partial charge in [-0.2, -0.15) is 0 Å². The average Bonchev–Trinajstić information content (AvgIpc) is 2.10. The summed E-state index contributed by atoms with van der Waals surface area (Å²) in [5.41, 5.74) is 5.21. The fraction of sp³-hybridized carbons (Fsp3) is 0.900. The predicted octanol–water partition coefficient (Wildman–Crippen LogP) is 0.0376. The molecule has 1 amide bonds. The van der Waals surface area contributed by atoms with Crippen LogP contribution in [0.15, 0.2) is 0 Å². The minimum atomic E-state index is -0.0828. The normalized spacial score (nSPS) is 13.4. The number of nitrogens with one attached hydrogen (secondary N) is 1. The second kappa shape index (κ2) is 6.79. The van der Waals surface area contributed by atoms with Gasteiger partial charge in [-0.15, -0.1) is 0 Å². The molecule has 0 aliphatic carbocycles. The van der Waals surface area contributed by atoms with Crippen molar-refractivity contribution in [2.45, 2.75) is 26.3 Å². The van der Waals surface area contributed by atoms with Crippen LogP contribution in [0.4, 0.5) is 0 Å². The maximum atomic E-state index is 11.0. The quantitative estimate of drug-likeness (QED) is 0.638. The van der Waals surface area contributed by atoms with E-state index in [9.17, 15) is 4.79 Å². The van der Waals surface area contributed by atoms with Crippen molar-refractivity contribution < 1.29 is 4.79 Å². The Morgan fingerprint density at radius 1 is 1.43 bits per heavy atom. The summed E-state index contributed by atoms with van der Waals surface area (Å²) < 4.78 is 0. The van der Waals surface area contributed by atoms with E-state index >= 15 is 0 Å². The SMILES string of the molecule is CC(C)CC(CNC(=O)CN)N(C)C. The Hall–Kier alpha value is -0.610. The maximum absolute atomic E-state index is 11.0. The second-order valence-corrected chi connectivity index (χ2v) is 4.26. The van der Waals surface area contributed by atoms with Gasteiger partial charge in [0.15, 0.2) is 0 Å². The van der Waals surface area contributed by atoms with E-state index in [4.69, 9.17) is 5.73 Å². The highest BCUT2D eigenvalue weighted by molar-refractivity contribution is 5.77. The summed E-state index contributed by atoms with van der Waals surface area (Å²) >= 11 is 0. The van der Waals surface area contributed by atoms with Gasteiger partial charge < -0.3 is 16.0 Å². The molecular weight excluding hydrogens is 178 g/mol. The van der Waals surface area contributed by atoms with Gasteiger partial charge in [-0.1, -0.05) is 13.8 Å². The van der Waals surface area contributed by atoms with E-state index in [-0.39, 0.29) is 12.5 Å². The Bertz CT molecular complexity index is 169. The van der Waals surface area contributed by atoms with E-state index in [1.807, 2.05) is 14.1 Å². The number of carbonyl (C=O) groups excluding carboxylic acids is 1. The molecule has 0 spiro atoms. The molecule has 0 heterocycles. The molecule has 0 aromatic carbocycles. The summed E-state index contributed by atoms with van der Waals surface area (Å²) in [6, 6.07) is 0.394. The molecule has 1 unspecified atom stereocenters. The molecule has 0 saturated heterocycles. The first-order valence-corrected chi connectivity index (χ1v) is 5.10. The lowest BCUT2D eigenvalue weighted by Crippen LogP contribution is -2.42. The molecule has 84 valence electrons. The van der Waals surface area contributed by atoms with E-state index in [2.05, 4.69) is 24.1 Å². The van der Waals surface area contributed by atoms with Gasteiger partial charge in [0.25, 0.3) is 0 Å². The zero-order chi connectivity index (χ0) is 11.1. The number of hydrogen-bond acceptors (Lipinski definition) is 3. The lowest BCUT2D eigenvalue weighted by Gasteiger charge is -2.26. The van der Waals surface area contributed by atoms with Crippen LogP contribution in [0.1, 0.15) is 20.3 Å². The molecule has 0 saturated carbocycles. The number of nitrogens with two attached hydrogens (primary N) is 1. The first-order chi connectivity index (χ1) is 6.47. The van der Waals surface area contributed by atoms with Crippen LogP contribution in [-0.4, -0.2) is 44.0 Å². The van der Waals surface area contributed by atoms with E-state index < -0.39 is 0 Å². The molecule has 4 heteroatoms. The van der Waals surface area contributed by atoms with Crippen LogP contribution in [0.5, 0.6) is 0 Å². The largest absolute Gasteiger partial charge is 0.353 e. The van der Waals surface area contributed by atoms with Crippen LogP contribution in [0.2, 0.25) is 0 Å². The molecule has 1 atom stereocenters. The molecule has 0 aromatic rings. The second-order valence-electron chi connectivity index (χ2n) is 4.26. The lowest BCUT2D eigenvalue weighted by atomic mass is 10.0. The predicted molar refractivity (Wildman–Crippen MR) is 59.0 cm³/mol. The number of nitrogens with zero attached hydrogens (tertiary/aromatic N) is 1. The Labute approximate surface area is 86.8 Å². The zero-order valence-electron chi connectivity index (χ0n) is 9.71. The van der Waals surface area contributed by atoms with E-state index in [0.29, 0.717) is 18.5 Å². The minimum absolute atomic E-state index is 0.0713. The molecule has 0 bridgehead atoms. The monoisotopic (exact) mass is 201 g/mol. The van der Waals surface area contributed by atoms with Crippen LogP contribution in [-0.2, 0) is 4.79 Å². The molecule has 0 aliphatic heterocycles. The zero-order valence-corrected chi connectivity index (χ0v) is 9.71. The van der Waals surface area contributed by atoms with E-state index in [0.717, 1.165) is 6.42 Å². The summed E-state index contributed by atoms with van der Waals surface area (Å²) in [5.74, 6) is 0.554. The fourth-order valence-electron chi connectivity index (χ4n) is 1.32. The fourth-order valence-corrected chi connectivity index (χ4v) is 1.32. The third-order valence-corrected chi connectivity index (χ3v) is 2.19. The van der Waals surface area contributed by atoms with Gasteiger partial charge in [0.2, 0.25) is 5.91 Å². The molecule has 0 aliphatic rings. The van der Waals surface area contributed by atoms with Crippen molar-refractivity contribution in [3.8, 4) is 0 Å². The maximum Gasteiger partial charge on any atom is 0.233 e. The van der Waals surface area contributed by atoms with Gasteiger partial charge in [0, 0.05) is 12.6 Å². The highest BCUT2D eigenvalue weighted by Gasteiger charge is 2.13. The molecule has 0 radical (unpaired) electrons. The topological polar surface area (TPSA) is 58.4 Å². The van der Waals surface area contributed by atoms with Crippen molar-refractivity contribution in [1.82, 2.24) is 10.2 Å². The average molecular weight is 201 g/mol. The van der Waals surface area contributed by atoms with Crippen LogP contribution in [0, 0.1) is 5.92 Å². The first-order valence-electron chi connectivity index (χ1n) is 5.10. The van der Waals surface area contributed by atoms with Crippen LogP contribution >= 0.6 is 0 Å². The van der Waals surface area contributed by atoms with E-state index in [1.165, 1.54) is 0 Å². The van der Waals surface area contributed by atoms with Crippen molar-refractivity contribution in [2.75, 3.05) is 27.2 Å². The standard InChI is InChI=1S/C10H23N3O/c1-8(2)5-9(13(3)4)7-12-10(14)6-11/h8-9H,5-7,11H2,1-4H3,(H,12,14). The van der Waals surface area contributed by atoms with E-state index in [1.54, 1.807) is 0 Å². The molecule has 3 N–H and O–H groups in total. The van der Waals surface area contributed by atoms with Crippen LogP contribution in [0.25, 0.3) is 0 Å². The molecule has 14 heavy (non-hydrogen) atoms. The lowest BCUT2D eigenvalue weighted by molar-refractivity contribution is -0.119. The number of amides is 1. The molecule has 4 nitrogen and oxygen atoms in total. The molecule has 0 rings (SSSR count). The Kier molecular flexibility index (Phi) is 6.49. The van der Waals surface area contributed by atoms with Crippen LogP contribution in [0.3, 0.4) is 0 Å². The minimum Gasteiger partial charge on any atom is -0.353 e. The summed E-state index contributed by atoms with van der Waals surface area (Å²) in [4.78, 5) is 13.1. The smallest absolute Gasteiger partial charge is 0.233 e. The summed E-state index contributed by atoms with van der Waals surface area (Å²) in [6.07, 6.45) is 1.08. The van der Waals surface area contributed by atoms with Crippen molar-refractivity contribution in [3.63, 3.8) is 0 Å². The Morgan fingerprint density at radius 2 is 2.00 bits per heavy atom. The highest BCUT2D eigenvalue weighted by Crippen LogP contribution is 2.07. The van der Waals surface area contributed by atoms with Crippen molar-refractivity contribution in [1.29, 1.82) is 0 Å². The first kappa shape index (κ1) is 13.4. The molecular formula is C10H23N3O. The number of carbonyl (C=O) groups is 1. The van der Waals surface area contributed by atoms with Gasteiger partial charge in [-0.25, -0.2) is 0 Å². The number of hydrogen-bond donors (Lipinski definition) is 2. The highest BCUT2D eigenvalue weighted by atomic mass is 16.1.